The van der Waals surface area contributed by atoms with E-state index in [1.54, 1.807) is 0 Å². The highest BCUT2D eigenvalue weighted by atomic mass is 35.5. The highest BCUT2D eigenvalue weighted by Crippen LogP contribution is 2.32. The Balaban J connectivity index is 2.93. The third-order valence-corrected chi connectivity index (χ3v) is 3.25. The summed E-state index contributed by atoms with van der Waals surface area (Å²) in [4.78, 5) is 34.2. The van der Waals surface area contributed by atoms with Crippen molar-refractivity contribution in [3.8, 4) is 0 Å². The Labute approximate surface area is 134 Å². The summed E-state index contributed by atoms with van der Waals surface area (Å²) in [6, 6.07) is 1.75. The minimum absolute atomic E-state index is 0.104. The Morgan fingerprint density at radius 3 is 2.19 bits per heavy atom. The predicted molar refractivity (Wildman–Crippen MR) is 78.9 cm³/mol. The largest absolute Gasteiger partial charge is 0.480 e. The van der Waals surface area contributed by atoms with Crippen LogP contribution >= 0.6 is 34.8 Å². The van der Waals surface area contributed by atoms with Crippen molar-refractivity contribution in [2.24, 2.45) is 5.73 Å². The number of urea groups is 1. The van der Waals surface area contributed by atoms with Crippen molar-refractivity contribution in [1.29, 1.82) is 0 Å². The van der Waals surface area contributed by atoms with Crippen molar-refractivity contribution in [3.05, 3.63) is 27.2 Å². The topological polar surface area (TPSA) is 113 Å². The maximum Gasteiger partial charge on any atom is 0.323 e. The number of carbonyl (C=O) groups is 3. The van der Waals surface area contributed by atoms with Gasteiger partial charge in [-0.05, 0) is 12.1 Å². The molecule has 0 aliphatic heterocycles. The molecule has 1 aromatic rings. The Kier molecular flexibility index (Phi) is 6.07. The fourth-order valence-corrected chi connectivity index (χ4v) is 1.96. The molecule has 1 rings (SSSR count). The number of anilines is 1. The van der Waals surface area contributed by atoms with Gasteiger partial charge < -0.3 is 21.1 Å². The zero-order chi connectivity index (χ0) is 16.2. The smallest absolute Gasteiger partial charge is 0.323 e. The van der Waals surface area contributed by atoms with Crippen LogP contribution in [0.25, 0.3) is 0 Å². The second-order valence-corrected chi connectivity index (χ2v) is 5.11. The summed E-state index contributed by atoms with van der Waals surface area (Å²) in [5.74, 6) is -2.15. The lowest BCUT2D eigenvalue weighted by Gasteiger charge is -2.20. The number of primary amides is 1. The molecule has 0 saturated heterocycles. The minimum Gasteiger partial charge on any atom is -0.480 e. The fraction of sp³-hybridized carbons (Fsp3) is 0.182. The maximum absolute atomic E-state index is 11.9. The van der Waals surface area contributed by atoms with Crippen LogP contribution in [0.5, 0.6) is 0 Å². The van der Waals surface area contributed by atoms with Gasteiger partial charge in [-0.1, -0.05) is 34.8 Å². The molecule has 21 heavy (non-hydrogen) atoms. The van der Waals surface area contributed by atoms with Gasteiger partial charge in [-0.2, -0.15) is 0 Å². The van der Waals surface area contributed by atoms with Crippen molar-refractivity contribution in [2.75, 3.05) is 18.4 Å². The summed E-state index contributed by atoms with van der Waals surface area (Å²) in [5, 5.41) is 11.5. The molecule has 0 fully saturated rings. The number of carboxylic acid groups (broad SMARTS) is 1. The van der Waals surface area contributed by atoms with Gasteiger partial charge in [0.05, 0.1) is 20.8 Å². The number of carboxylic acids is 1. The fourth-order valence-electron chi connectivity index (χ4n) is 1.36. The van der Waals surface area contributed by atoms with E-state index in [1.165, 1.54) is 12.1 Å². The van der Waals surface area contributed by atoms with Crippen LogP contribution in [0.15, 0.2) is 12.1 Å². The van der Waals surface area contributed by atoms with Crippen molar-refractivity contribution in [3.63, 3.8) is 0 Å². The summed E-state index contributed by atoms with van der Waals surface area (Å²) < 4.78 is 0. The number of benzene rings is 1. The van der Waals surface area contributed by atoms with E-state index in [1.807, 2.05) is 0 Å². The molecule has 0 atom stereocenters. The summed E-state index contributed by atoms with van der Waals surface area (Å²) in [7, 11) is 0. The number of halogens is 3. The molecule has 0 heterocycles. The highest BCUT2D eigenvalue weighted by molar-refractivity contribution is 6.44. The third-order valence-electron chi connectivity index (χ3n) is 2.21. The maximum atomic E-state index is 11.9. The Morgan fingerprint density at radius 1 is 1.10 bits per heavy atom. The normalized spacial score (nSPS) is 10.0. The lowest BCUT2D eigenvalue weighted by molar-refractivity contribution is -0.137. The molecule has 0 spiro atoms. The number of hydrogen-bond donors (Lipinski definition) is 3. The van der Waals surface area contributed by atoms with Gasteiger partial charge in [-0.15, -0.1) is 0 Å². The minimum atomic E-state index is -1.30. The number of nitrogens with zero attached hydrogens (tertiary/aromatic N) is 1. The molecule has 0 aliphatic rings. The van der Waals surface area contributed by atoms with Gasteiger partial charge in [0, 0.05) is 0 Å². The van der Waals surface area contributed by atoms with E-state index in [0.717, 1.165) is 0 Å². The average molecular weight is 355 g/mol. The second kappa shape index (κ2) is 7.35. The third kappa shape index (κ3) is 5.30. The summed E-state index contributed by atoms with van der Waals surface area (Å²) in [5.41, 5.74) is 5.08. The number of carbonyl (C=O) groups excluding carboxylic acids is 2. The lowest BCUT2D eigenvalue weighted by atomic mass is 10.3. The van der Waals surface area contributed by atoms with Crippen LogP contribution < -0.4 is 11.1 Å². The molecule has 0 aliphatic carbocycles. The van der Waals surface area contributed by atoms with E-state index in [4.69, 9.17) is 45.6 Å². The van der Waals surface area contributed by atoms with Gasteiger partial charge in [-0.25, -0.2) is 4.79 Å². The van der Waals surface area contributed by atoms with Crippen LogP contribution in [-0.2, 0) is 9.59 Å². The van der Waals surface area contributed by atoms with Crippen molar-refractivity contribution >= 4 is 58.4 Å². The van der Waals surface area contributed by atoms with Gasteiger partial charge in [0.2, 0.25) is 5.91 Å². The summed E-state index contributed by atoms with van der Waals surface area (Å²) in [6.45, 7) is -1.26. The summed E-state index contributed by atoms with van der Waals surface area (Å²) in [6.07, 6.45) is 0. The first kappa shape index (κ1) is 17.4. The van der Waals surface area contributed by atoms with Crippen LogP contribution in [0.4, 0.5) is 10.5 Å². The van der Waals surface area contributed by atoms with Crippen LogP contribution in [0, 0.1) is 0 Å². The molecule has 0 unspecified atom stereocenters. The molecule has 10 heteroatoms. The summed E-state index contributed by atoms with van der Waals surface area (Å²) >= 11 is 17.4. The average Bonchev–Trinajstić information content (AvgIpc) is 2.33. The van der Waals surface area contributed by atoms with Crippen LogP contribution in [0.3, 0.4) is 0 Å². The molecule has 4 N–H and O–H groups in total. The molecule has 0 aromatic heterocycles. The van der Waals surface area contributed by atoms with Crippen molar-refractivity contribution in [1.82, 2.24) is 4.90 Å². The molecule has 0 bridgehead atoms. The van der Waals surface area contributed by atoms with E-state index >= 15 is 0 Å². The molecule has 114 valence electrons. The standard InChI is InChI=1S/C11H10Cl3N3O4/c12-5-1-7(14)8(2-6(5)13)16-11(21)17(3-9(15)18)4-10(19)20/h1-2H,3-4H2,(H2,15,18)(H,16,21)(H,19,20). The first-order valence-electron chi connectivity index (χ1n) is 5.41. The van der Waals surface area contributed by atoms with Crippen LogP contribution in [0.2, 0.25) is 15.1 Å². The number of nitrogens with one attached hydrogen (secondary N) is 1. The number of hydrogen-bond acceptors (Lipinski definition) is 3. The molecule has 0 radical (unpaired) electrons. The molecule has 7 nitrogen and oxygen atoms in total. The number of amides is 3. The first-order valence-corrected chi connectivity index (χ1v) is 6.54. The number of rotatable bonds is 5. The van der Waals surface area contributed by atoms with E-state index < -0.39 is 31.0 Å². The number of aliphatic carboxylic acids is 1. The van der Waals surface area contributed by atoms with E-state index in [2.05, 4.69) is 5.32 Å². The second-order valence-electron chi connectivity index (χ2n) is 3.89. The Morgan fingerprint density at radius 2 is 1.67 bits per heavy atom. The number of nitrogens with two attached hydrogens (primary N) is 1. The lowest BCUT2D eigenvalue weighted by Crippen LogP contribution is -2.43. The van der Waals surface area contributed by atoms with Gasteiger partial charge in [0.25, 0.3) is 0 Å². The molecular weight excluding hydrogens is 344 g/mol. The van der Waals surface area contributed by atoms with Crippen LogP contribution in [-0.4, -0.2) is 41.0 Å². The molecular formula is C11H10Cl3N3O4. The zero-order valence-corrected chi connectivity index (χ0v) is 12.7. The van der Waals surface area contributed by atoms with E-state index in [-0.39, 0.29) is 20.8 Å². The van der Waals surface area contributed by atoms with Gasteiger partial charge in [0.15, 0.2) is 0 Å². The first-order chi connectivity index (χ1) is 9.70. The molecule has 3 amide bonds. The highest BCUT2D eigenvalue weighted by Gasteiger charge is 2.20. The predicted octanol–water partition coefficient (Wildman–Crippen LogP) is 2.05. The van der Waals surface area contributed by atoms with Gasteiger partial charge in [0.1, 0.15) is 13.1 Å². The van der Waals surface area contributed by atoms with Crippen molar-refractivity contribution < 1.29 is 19.5 Å². The van der Waals surface area contributed by atoms with E-state index in [9.17, 15) is 14.4 Å². The van der Waals surface area contributed by atoms with E-state index in [0.29, 0.717) is 4.90 Å². The van der Waals surface area contributed by atoms with Crippen LogP contribution in [0.1, 0.15) is 0 Å². The molecule has 0 saturated carbocycles. The van der Waals surface area contributed by atoms with Gasteiger partial charge >= 0.3 is 12.0 Å². The zero-order valence-electron chi connectivity index (χ0n) is 10.4. The van der Waals surface area contributed by atoms with Crippen molar-refractivity contribution in [2.45, 2.75) is 0 Å². The monoisotopic (exact) mass is 353 g/mol. The van der Waals surface area contributed by atoms with Gasteiger partial charge in [-0.3, -0.25) is 9.59 Å². The molecule has 1 aromatic carbocycles. The SMILES string of the molecule is NC(=O)CN(CC(=O)O)C(=O)Nc1cc(Cl)c(Cl)cc1Cl. The Hall–Kier alpha value is -1.70. The Bertz CT molecular complexity index is 578. The quantitative estimate of drug-likeness (QED) is 0.702.